The van der Waals surface area contributed by atoms with Gasteiger partial charge in [-0.15, -0.1) is 0 Å². The van der Waals surface area contributed by atoms with Crippen LogP contribution in [0.25, 0.3) is 0 Å². The van der Waals surface area contributed by atoms with Crippen molar-refractivity contribution in [2.45, 2.75) is 18.7 Å². The number of rotatable bonds is 6. The number of nitrogens with zero attached hydrogens (tertiary/aromatic N) is 3. The molecule has 0 fully saturated rings. The van der Waals surface area contributed by atoms with Crippen molar-refractivity contribution in [1.29, 1.82) is 0 Å². The van der Waals surface area contributed by atoms with E-state index < -0.39 is 16.0 Å². The second-order valence-electron chi connectivity index (χ2n) is 7.55. The van der Waals surface area contributed by atoms with Crippen LogP contribution in [0, 0.1) is 0 Å². The largest absolute Gasteiger partial charge is 0.492 e. The number of esters is 1. The number of sulfonamides is 1. The van der Waals surface area contributed by atoms with E-state index in [1.165, 1.54) is 17.5 Å². The summed E-state index contributed by atoms with van der Waals surface area (Å²) in [5.74, 6) is 0.534. The van der Waals surface area contributed by atoms with Gasteiger partial charge in [0.1, 0.15) is 16.5 Å². The molecule has 9 nitrogen and oxygen atoms in total. The van der Waals surface area contributed by atoms with Crippen LogP contribution >= 0.6 is 0 Å². The minimum Gasteiger partial charge on any atom is -0.492 e. The van der Waals surface area contributed by atoms with Crippen molar-refractivity contribution in [2.24, 2.45) is 0 Å². The summed E-state index contributed by atoms with van der Waals surface area (Å²) >= 11 is 0. The molecule has 0 unspecified atom stereocenters. The third-order valence-electron chi connectivity index (χ3n) is 5.48. The predicted octanol–water partition coefficient (Wildman–Crippen LogP) is 4.31. The summed E-state index contributed by atoms with van der Waals surface area (Å²) in [5, 5.41) is 3.22. The first kappa shape index (κ1) is 23.4. The molecule has 0 amide bonds. The first-order valence-corrected chi connectivity index (χ1v) is 12.2. The molecule has 0 bridgehead atoms. The average Bonchev–Trinajstić information content (AvgIpc) is 2.89. The van der Waals surface area contributed by atoms with Gasteiger partial charge in [0.25, 0.3) is 10.0 Å². The molecule has 0 radical (unpaired) electrons. The van der Waals surface area contributed by atoms with Gasteiger partial charge in [-0.05, 0) is 44.2 Å². The zero-order valence-electron chi connectivity index (χ0n) is 19.4. The number of nitrogens with one attached hydrogen (secondary N) is 1. The van der Waals surface area contributed by atoms with Gasteiger partial charge in [-0.1, -0.05) is 12.1 Å². The smallest absolute Gasteiger partial charge is 0.338 e. The van der Waals surface area contributed by atoms with E-state index >= 15 is 0 Å². The Balaban J connectivity index is 1.74. The molecular weight excluding hydrogens is 456 g/mol. The lowest BCUT2D eigenvalue weighted by molar-refractivity contribution is 0.0526. The van der Waals surface area contributed by atoms with E-state index in [0.29, 0.717) is 46.5 Å². The highest BCUT2D eigenvalue weighted by Crippen LogP contribution is 2.43. The van der Waals surface area contributed by atoms with E-state index in [1.54, 1.807) is 55.5 Å². The molecule has 0 saturated carbocycles. The second-order valence-corrected chi connectivity index (χ2v) is 9.48. The summed E-state index contributed by atoms with van der Waals surface area (Å²) in [7, 11) is -0.410. The van der Waals surface area contributed by atoms with Crippen LogP contribution < -0.4 is 19.3 Å². The Morgan fingerprint density at radius 2 is 1.76 bits per heavy atom. The fraction of sp³-hybridized carbons (Fsp3) is 0.250. The summed E-state index contributed by atoms with van der Waals surface area (Å²) < 4.78 is 38.4. The molecule has 1 aromatic heterocycles. The predicted molar refractivity (Wildman–Crippen MR) is 131 cm³/mol. The minimum absolute atomic E-state index is 0.221. The first-order chi connectivity index (χ1) is 16.3. The highest BCUT2D eigenvalue weighted by molar-refractivity contribution is 7.93. The SMILES string of the molecule is CCOC(=O)c1ccc(Nc2cc3c(cn2)N(C)S(=O)(=O)c2ccccc2N3C)c(OCC)c1. The molecule has 2 heterocycles. The van der Waals surface area contributed by atoms with E-state index in [-0.39, 0.29) is 11.5 Å². The molecule has 4 rings (SSSR count). The van der Waals surface area contributed by atoms with Crippen LogP contribution in [0.1, 0.15) is 24.2 Å². The van der Waals surface area contributed by atoms with Crippen LogP contribution in [0.15, 0.2) is 59.6 Å². The monoisotopic (exact) mass is 482 g/mol. The Kier molecular flexibility index (Phi) is 6.34. The number of carbonyl (C=O) groups excluding carboxylic acids is 1. The number of aromatic nitrogens is 1. The Labute approximate surface area is 199 Å². The maximum atomic E-state index is 13.2. The van der Waals surface area contributed by atoms with Crippen LogP contribution in [0.4, 0.5) is 28.6 Å². The van der Waals surface area contributed by atoms with Crippen molar-refractivity contribution in [3.8, 4) is 5.75 Å². The first-order valence-electron chi connectivity index (χ1n) is 10.8. The highest BCUT2D eigenvalue weighted by Gasteiger charge is 2.32. The molecule has 1 aliphatic heterocycles. The minimum atomic E-state index is -3.74. The summed E-state index contributed by atoms with van der Waals surface area (Å²) in [6.07, 6.45) is 1.52. The Morgan fingerprint density at radius 3 is 2.50 bits per heavy atom. The molecule has 3 aromatic rings. The summed E-state index contributed by atoms with van der Waals surface area (Å²) in [6, 6.07) is 13.6. The molecule has 34 heavy (non-hydrogen) atoms. The van der Waals surface area contributed by atoms with Gasteiger partial charge < -0.3 is 19.7 Å². The molecule has 178 valence electrons. The fourth-order valence-electron chi connectivity index (χ4n) is 3.76. The molecule has 2 aromatic carbocycles. The Morgan fingerprint density at radius 1 is 1.00 bits per heavy atom. The molecule has 10 heteroatoms. The lowest BCUT2D eigenvalue weighted by atomic mass is 10.2. The lowest BCUT2D eigenvalue weighted by Crippen LogP contribution is -2.25. The average molecular weight is 483 g/mol. The van der Waals surface area contributed by atoms with Gasteiger partial charge in [0.05, 0.1) is 47.7 Å². The maximum absolute atomic E-state index is 13.2. The second kappa shape index (κ2) is 9.22. The molecule has 0 atom stereocenters. The number of hydrogen-bond donors (Lipinski definition) is 1. The summed E-state index contributed by atoms with van der Waals surface area (Å²) in [5.41, 5.74) is 2.68. The number of fused-ring (bicyclic) bond motifs is 2. The molecule has 0 aliphatic carbocycles. The fourth-order valence-corrected chi connectivity index (χ4v) is 5.17. The van der Waals surface area contributed by atoms with Gasteiger partial charge in [-0.2, -0.15) is 0 Å². The molecule has 1 N–H and O–H groups in total. The van der Waals surface area contributed by atoms with E-state index in [0.717, 1.165) is 0 Å². The highest BCUT2D eigenvalue weighted by atomic mass is 32.2. The van der Waals surface area contributed by atoms with Crippen LogP contribution in [-0.4, -0.2) is 46.7 Å². The van der Waals surface area contributed by atoms with Gasteiger partial charge >= 0.3 is 5.97 Å². The van der Waals surface area contributed by atoms with E-state index in [1.807, 2.05) is 18.9 Å². The normalized spacial score (nSPS) is 14.0. The summed E-state index contributed by atoms with van der Waals surface area (Å²) in [4.78, 5) is 18.6. The standard InChI is InChI=1S/C24H26N4O5S/c1-5-32-21-13-16(24(29)33-6-2)11-12-17(21)26-23-14-19-20(15-25-23)28(4)34(30,31)22-10-8-7-9-18(22)27(19)3/h7-15H,5-6H2,1-4H3,(H,25,26). The van der Waals surface area contributed by atoms with Gasteiger partial charge in [0.2, 0.25) is 0 Å². The topological polar surface area (TPSA) is 101 Å². The van der Waals surface area contributed by atoms with E-state index in [9.17, 15) is 13.2 Å². The Hall–Kier alpha value is -3.79. The Bertz CT molecular complexity index is 1340. The molecule has 1 aliphatic rings. The number of benzene rings is 2. The number of para-hydroxylation sites is 1. The molecule has 0 spiro atoms. The van der Waals surface area contributed by atoms with Crippen molar-refractivity contribution in [3.63, 3.8) is 0 Å². The van der Waals surface area contributed by atoms with Crippen molar-refractivity contribution in [3.05, 3.63) is 60.3 Å². The van der Waals surface area contributed by atoms with Gasteiger partial charge in [0, 0.05) is 20.2 Å². The number of carbonyl (C=O) groups is 1. The van der Waals surface area contributed by atoms with E-state index in [4.69, 9.17) is 9.47 Å². The maximum Gasteiger partial charge on any atom is 0.338 e. The lowest BCUT2D eigenvalue weighted by Gasteiger charge is -2.22. The van der Waals surface area contributed by atoms with Crippen LogP contribution in [-0.2, 0) is 14.8 Å². The number of pyridine rings is 1. The number of anilines is 5. The third-order valence-corrected chi connectivity index (χ3v) is 7.30. The molecule has 0 saturated heterocycles. The quantitative estimate of drug-likeness (QED) is 0.519. The van der Waals surface area contributed by atoms with Crippen molar-refractivity contribution >= 4 is 44.6 Å². The van der Waals surface area contributed by atoms with Crippen LogP contribution in [0.2, 0.25) is 0 Å². The molecular formula is C24H26N4O5S. The number of ether oxygens (including phenoxy) is 2. The van der Waals surface area contributed by atoms with Gasteiger partial charge in [0.15, 0.2) is 0 Å². The van der Waals surface area contributed by atoms with Crippen LogP contribution in [0.5, 0.6) is 5.75 Å². The van der Waals surface area contributed by atoms with Crippen LogP contribution in [0.3, 0.4) is 0 Å². The summed E-state index contributed by atoms with van der Waals surface area (Å²) in [6.45, 7) is 4.28. The van der Waals surface area contributed by atoms with Crippen molar-refractivity contribution in [2.75, 3.05) is 41.8 Å². The van der Waals surface area contributed by atoms with Crippen molar-refractivity contribution in [1.82, 2.24) is 4.98 Å². The van der Waals surface area contributed by atoms with Gasteiger partial charge in [-0.25, -0.2) is 18.2 Å². The van der Waals surface area contributed by atoms with Crippen molar-refractivity contribution < 1.29 is 22.7 Å². The number of hydrogen-bond acceptors (Lipinski definition) is 8. The zero-order chi connectivity index (χ0) is 24.5. The zero-order valence-corrected chi connectivity index (χ0v) is 20.2. The van der Waals surface area contributed by atoms with Gasteiger partial charge in [-0.3, -0.25) is 4.31 Å². The van der Waals surface area contributed by atoms with E-state index in [2.05, 4.69) is 10.3 Å². The third kappa shape index (κ3) is 4.12.